The van der Waals surface area contributed by atoms with Crippen molar-refractivity contribution in [3.05, 3.63) is 209 Å². The number of rotatable bonds is 5. The van der Waals surface area contributed by atoms with Gasteiger partial charge in [-0.05, 0) is 98.7 Å². The standard InChI is InChI=1S/C56H48N2/c1-55(2)46-27-12-14-29-48(46)56(49-30-15-13-28-47(49)55)45-33-32-42(41-25-16-24-40(34-41)37-18-6-3-7-19-37)35-44(45)53-43(26-17-31-50(53)56)54-57-51(38-20-8-4-9-21-38)36-52(58-54)39-22-10-5-11-23-39/h3-12,14,16-23,25-27,29,31-36,40,47,49H,13,15,24,28,30H2,1-2H3. The quantitative estimate of drug-likeness (QED) is 0.175. The summed E-state index contributed by atoms with van der Waals surface area (Å²) in [5, 5.41) is 0. The Hall–Kier alpha value is -6.12. The zero-order chi connectivity index (χ0) is 38.8. The fourth-order valence-corrected chi connectivity index (χ4v) is 11.7. The summed E-state index contributed by atoms with van der Waals surface area (Å²) in [7, 11) is 0. The second-order valence-corrected chi connectivity index (χ2v) is 17.5. The molecule has 1 heterocycles. The van der Waals surface area contributed by atoms with Crippen LogP contribution in [-0.2, 0) is 10.8 Å². The minimum Gasteiger partial charge on any atom is -0.228 e. The second kappa shape index (κ2) is 13.8. The van der Waals surface area contributed by atoms with Crippen molar-refractivity contribution in [2.45, 2.75) is 62.7 Å². The highest BCUT2D eigenvalue weighted by Crippen LogP contribution is 2.67. The van der Waals surface area contributed by atoms with Crippen LogP contribution in [0.3, 0.4) is 0 Å². The first-order chi connectivity index (χ1) is 28.5. The minimum atomic E-state index is -0.279. The molecule has 4 aliphatic carbocycles. The smallest absolute Gasteiger partial charge is 0.161 e. The van der Waals surface area contributed by atoms with Gasteiger partial charge in [-0.1, -0.05) is 191 Å². The highest BCUT2D eigenvalue weighted by Gasteiger charge is 2.60. The van der Waals surface area contributed by atoms with Crippen LogP contribution in [0.5, 0.6) is 0 Å². The molecule has 0 saturated heterocycles. The largest absolute Gasteiger partial charge is 0.228 e. The van der Waals surface area contributed by atoms with Gasteiger partial charge in [-0.3, -0.25) is 0 Å². The number of benzene rings is 6. The van der Waals surface area contributed by atoms with Gasteiger partial charge in [-0.25, -0.2) is 9.97 Å². The monoisotopic (exact) mass is 748 g/mol. The number of aromatic nitrogens is 2. The summed E-state index contributed by atoms with van der Waals surface area (Å²) in [5.41, 5.74) is 17.4. The Balaban J connectivity index is 1.20. The summed E-state index contributed by atoms with van der Waals surface area (Å²) in [6.45, 7) is 5.05. The average molecular weight is 749 g/mol. The molecule has 282 valence electrons. The van der Waals surface area contributed by atoms with Crippen LogP contribution < -0.4 is 0 Å². The number of fused-ring (bicyclic) bond motifs is 9. The number of hydrogen-bond acceptors (Lipinski definition) is 2. The topological polar surface area (TPSA) is 25.8 Å². The van der Waals surface area contributed by atoms with Crippen molar-refractivity contribution < 1.29 is 0 Å². The zero-order valence-electron chi connectivity index (χ0n) is 33.4. The Bertz CT molecular complexity index is 2680. The van der Waals surface area contributed by atoms with Crippen LogP contribution >= 0.6 is 0 Å². The van der Waals surface area contributed by atoms with E-state index in [1.807, 2.05) is 0 Å². The summed E-state index contributed by atoms with van der Waals surface area (Å²) < 4.78 is 0. The Morgan fingerprint density at radius 3 is 1.84 bits per heavy atom. The van der Waals surface area contributed by atoms with Crippen molar-refractivity contribution in [2.24, 2.45) is 11.8 Å². The zero-order valence-corrected chi connectivity index (χ0v) is 33.4. The van der Waals surface area contributed by atoms with Gasteiger partial charge in [-0.2, -0.15) is 0 Å². The maximum Gasteiger partial charge on any atom is 0.161 e. The molecule has 0 aliphatic heterocycles. The van der Waals surface area contributed by atoms with E-state index in [-0.39, 0.29) is 10.8 Å². The molecule has 2 heteroatoms. The van der Waals surface area contributed by atoms with Crippen molar-refractivity contribution in [2.75, 3.05) is 0 Å². The Morgan fingerprint density at radius 1 is 0.517 bits per heavy atom. The molecule has 2 nitrogen and oxygen atoms in total. The van der Waals surface area contributed by atoms with Crippen molar-refractivity contribution in [1.29, 1.82) is 0 Å². The summed E-state index contributed by atoms with van der Waals surface area (Å²) in [6, 6.07) is 58.3. The third kappa shape index (κ3) is 5.38. The van der Waals surface area contributed by atoms with Gasteiger partial charge in [0, 0.05) is 28.0 Å². The Morgan fingerprint density at radius 2 is 1.14 bits per heavy atom. The van der Waals surface area contributed by atoms with Crippen LogP contribution in [0.4, 0.5) is 0 Å². The maximum atomic E-state index is 5.45. The van der Waals surface area contributed by atoms with Crippen LogP contribution in [-0.4, -0.2) is 9.97 Å². The van der Waals surface area contributed by atoms with Crippen molar-refractivity contribution in [3.8, 4) is 45.0 Å². The summed E-state index contributed by atoms with van der Waals surface area (Å²) in [4.78, 5) is 10.9. The average Bonchev–Trinajstić information content (AvgIpc) is 3.59. The molecule has 1 fully saturated rings. The lowest BCUT2D eigenvalue weighted by Crippen LogP contribution is -2.53. The highest BCUT2D eigenvalue weighted by atomic mass is 14.9. The Kier molecular flexibility index (Phi) is 8.33. The normalized spacial score (nSPS) is 22.4. The lowest BCUT2D eigenvalue weighted by molar-refractivity contribution is 0.0904. The van der Waals surface area contributed by atoms with Gasteiger partial charge in [0.05, 0.1) is 11.4 Å². The van der Waals surface area contributed by atoms with E-state index in [1.54, 1.807) is 0 Å². The van der Waals surface area contributed by atoms with E-state index in [0.717, 1.165) is 40.3 Å². The molecule has 4 unspecified atom stereocenters. The molecule has 58 heavy (non-hydrogen) atoms. The van der Waals surface area contributed by atoms with Crippen molar-refractivity contribution >= 4 is 5.57 Å². The summed E-state index contributed by atoms with van der Waals surface area (Å²) >= 11 is 0. The lowest BCUT2D eigenvalue weighted by Gasteiger charge is -2.57. The van der Waals surface area contributed by atoms with Gasteiger partial charge in [0.1, 0.15) is 0 Å². The molecule has 0 amide bonds. The third-order valence-electron chi connectivity index (χ3n) is 14.2. The fourth-order valence-electron chi connectivity index (χ4n) is 11.7. The molecule has 1 saturated carbocycles. The fraction of sp³-hybridized carbons (Fsp3) is 0.214. The highest BCUT2D eigenvalue weighted by molar-refractivity contribution is 5.95. The van der Waals surface area contributed by atoms with E-state index < -0.39 is 0 Å². The third-order valence-corrected chi connectivity index (χ3v) is 14.2. The number of hydrogen-bond donors (Lipinski definition) is 0. The summed E-state index contributed by atoms with van der Waals surface area (Å²) in [5.74, 6) is 2.16. The summed E-state index contributed by atoms with van der Waals surface area (Å²) in [6.07, 6.45) is 13.3. The molecular weight excluding hydrogens is 701 g/mol. The molecule has 11 rings (SSSR count). The minimum absolute atomic E-state index is 0.0786. The second-order valence-electron chi connectivity index (χ2n) is 17.5. The van der Waals surface area contributed by atoms with Crippen LogP contribution in [0.2, 0.25) is 0 Å². The van der Waals surface area contributed by atoms with E-state index in [9.17, 15) is 0 Å². The molecule has 6 aromatic carbocycles. The van der Waals surface area contributed by atoms with Crippen LogP contribution in [0, 0.1) is 11.8 Å². The molecular formula is C56H48N2. The van der Waals surface area contributed by atoms with E-state index in [4.69, 9.17) is 9.97 Å². The van der Waals surface area contributed by atoms with E-state index in [0.29, 0.717) is 17.8 Å². The molecule has 4 aliphatic rings. The first kappa shape index (κ1) is 35.1. The van der Waals surface area contributed by atoms with Crippen LogP contribution in [0.15, 0.2) is 176 Å². The van der Waals surface area contributed by atoms with Crippen LogP contribution in [0.25, 0.3) is 50.6 Å². The van der Waals surface area contributed by atoms with Crippen molar-refractivity contribution in [1.82, 2.24) is 9.97 Å². The van der Waals surface area contributed by atoms with Gasteiger partial charge in [0.25, 0.3) is 0 Å². The molecule has 1 spiro atoms. The van der Waals surface area contributed by atoms with Gasteiger partial charge in [0.2, 0.25) is 0 Å². The molecule has 0 radical (unpaired) electrons. The molecule has 0 N–H and O–H groups in total. The predicted molar refractivity (Wildman–Crippen MR) is 239 cm³/mol. The van der Waals surface area contributed by atoms with Gasteiger partial charge < -0.3 is 0 Å². The molecule has 0 bridgehead atoms. The van der Waals surface area contributed by atoms with E-state index in [1.165, 1.54) is 75.8 Å². The van der Waals surface area contributed by atoms with E-state index >= 15 is 0 Å². The first-order valence-electron chi connectivity index (χ1n) is 21.3. The van der Waals surface area contributed by atoms with Crippen molar-refractivity contribution in [3.63, 3.8) is 0 Å². The Labute approximate surface area is 343 Å². The number of allylic oxidation sites excluding steroid dienone is 4. The molecule has 1 aromatic heterocycles. The number of nitrogens with zero attached hydrogens (tertiary/aromatic N) is 2. The maximum absolute atomic E-state index is 5.45. The molecule has 4 atom stereocenters. The van der Waals surface area contributed by atoms with Gasteiger partial charge >= 0.3 is 0 Å². The van der Waals surface area contributed by atoms with E-state index in [2.05, 4.69) is 190 Å². The predicted octanol–water partition coefficient (Wildman–Crippen LogP) is 14.0. The molecule has 7 aromatic rings. The lowest BCUT2D eigenvalue weighted by atomic mass is 9.46. The van der Waals surface area contributed by atoms with Gasteiger partial charge in [0.15, 0.2) is 5.82 Å². The van der Waals surface area contributed by atoms with Gasteiger partial charge in [-0.15, -0.1) is 0 Å². The SMILES string of the molecule is CC1(C)c2ccccc2C2(c3ccc(C4=CC(c5ccccc5)CC=C4)cc3-c3c(-c4nc(-c5ccccc5)cc(-c5ccccc5)n4)cccc32)C2CCCCC21. The van der Waals surface area contributed by atoms with Crippen LogP contribution in [0.1, 0.15) is 85.3 Å². The first-order valence-corrected chi connectivity index (χ1v) is 21.3.